The van der Waals surface area contributed by atoms with Crippen LogP contribution < -0.4 is 16.2 Å². The van der Waals surface area contributed by atoms with Crippen LogP contribution >= 0.6 is 0 Å². The topological polar surface area (TPSA) is 85.9 Å². The third-order valence-electron chi connectivity index (χ3n) is 8.67. The monoisotopic (exact) mass is 487 g/mol. The number of ether oxygens (including phenoxy) is 1. The van der Waals surface area contributed by atoms with Gasteiger partial charge in [0.15, 0.2) is 0 Å². The van der Waals surface area contributed by atoms with Crippen LogP contribution in [0.1, 0.15) is 51.4 Å². The molecule has 0 bridgehead atoms. The van der Waals surface area contributed by atoms with E-state index in [2.05, 4.69) is 16.2 Å². The van der Waals surface area contributed by atoms with Gasteiger partial charge in [0, 0.05) is 38.2 Å². The zero-order chi connectivity index (χ0) is 24.1. The normalized spacial score (nSPS) is 36.6. The molecule has 3 N–H and O–H groups in total. The summed E-state index contributed by atoms with van der Waals surface area (Å²) in [6.45, 7) is -0.251. The van der Waals surface area contributed by atoms with Gasteiger partial charge in [-0.15, -0.1) is 0 Å². The van der Waals surface area contributed by atoms with E-state index in [0.29, 0.717) is 44.3 Å². The molecule has 0 spiro atoms. The molecule has 2 saturated carbocycles. The second-order valence-electron chi connectivity index (χ2n) is 10.9. The molecule has 3 heterocycles. The summed E-state index contributed by atoms with van der Waals surface area (Å²) >= 11 is 0. The maximum Gasteiger partial charge on any atom is 0.406 e. The molecular weight excluding hydrogens is 451 g/mol. The fourth-order valence-electron chi connectivity index (χ4n) is 6.71. The number of piperidine rings is 1. The highest BCUT2D eigenvalue weighted by molar-refractivity contribution is 5.85. The number of hydrazine groups is 1. The number of rotatable bonds is 6. The number of carbonyl (C=O) groups is 2. The van der Waals surface area contributed by atoms with E-state index in [1.54, 1.807) is 0 Å². The molecule has 0 aromatic carbocycles. The molecule has 6 atom stereocenters. The fourth-order valence-corrected chi connectivity index (χ4v) is 6.71. The van der Waals surface area contributed by atoms with E-state index in [1.807, 2.05) is 4.90 Å². The average Bonchev–Trinajstić information content (AvgIpc) is 3.27. The summed E-state index contributed by atoms with van der Waals surface area (Å²) in [4.78, 5) is 29.6. The number of hydrogen-bond acceptors (Lipinski definition) is 6. The lowest BCUT2D eigenvalue weighted by Crippen LogP contribution is -2.58. The van der Waals surface area contributed by atoms with Gasteiger partial charge in [0.2, 0.25) is 11.8 Å². The third kappa shape index (κ3) is 4.68. The zero-order valence-corrected chi connectivity index (χ0v) is 19.7. The van der Waals surface area contributed by atoms with Gasteiger partial charge >= 0.3 is 6.18 Å². The molecule has 0 aromatic rings. The molecular formula is C23H36F3N5O3. The Bertz CT molecular complexity index is 778. The number of fused-ring (bicyclic) bond motifs is 2. The van der Waals surface area contributed by atoms with Crippen LogP contribution in [0, 0.1) is 11.8 Å². The minimum Gasteiger partial charge on any atom is -0.382 e. The van der Waals surface area contributed by atoms with Gasteiger partial charge in [-0.2, -0.15) is 13.2 Å². The van der Waals surface area contributed by atoms with Crippen LogP contribution in [0.4, 0.5) is 13.2 Å². The van der Waals surface area contributed by atoms with Crippen molar-refractivity contribution in [3.63, 3.8) is 0 Å². The van der Waals surface area contributed by atoms with Crippen LogP contribution in [-0.4, -0.2) is 90.8 Å². The first-order valence-corrected chi connectivity index (χ1v) is 12.6. The highest BCUT2D eigenvalue weighted by atomic mass is 19.4. The second-order valence-corrected chi connectivity index (χ2v) is 10.9. The summed E-state index contributed by atoms with van der Waals surface area (Å²) in [5.74, 6) is -0.221. The molecule has 192 valence electrons. The summed E-state index contributed by atoms with van der Waals surface area (Å²) in [6.07, 6.45) is 2.70. The summed E-state index contributed by atoms with van der Waals surface area (Å²) < 4.78 is 45.4. The maximum absolute atomic E-state index is 13.5. The van der Waals surface area contributed by atoms with E-state index in [-0.39, 0.29) is 30.5 Å². The number of halogens is 3. The standard InChI is InChI=1S/C23H36F3N5O3/c1-34-13-22(7-8-22)31(12-23(24,25)26)21(33)19-15-11-30(9-6-17(15)28-29-19)20(32)18-10-14-4-2-3-5-16(14)27-18/h14-19,27-29H,2-13H2,1H3. The van der Waals surface area contributed by atoms with E-state index >= 15 is 0 Å². The first-order chi connectivity index (χ1) is 16.2. The molecule has 11 heteroatoms. The van der Waals surface area contributed by atoms with Crippen molar-refractivity contribution in [3.05, 3.63) is 0 Å². The highest BCUT2D eigenvalue weighted by Gasteiger charge is 2.56. The summed E-state index contributed by atoms with van der Waals surface area (Å²) in [5.41, 5.74) is 5.20. The van der Waals surface area contributed by atoms with E-state index in [9.17, 15) is 22.8 Å². The van der Waals surface area contributed by atoms with E-state index in [0.717, 1.165) is 24.2 Å². The van der Waals surface area contributed by atoms with Crippen molar-refractivity contribution >= 4 is 11.8 Å². The van der Waals surface area contributed by atoms with Crippen LogP contribution in [0.3, 0.4) is 0 Å². The molecule has 34 heavy (non-hydrogen) atoms. The highest BCUT2D eigenvalue weighted by Crippen LogP contribution is 2.44. The predicted molar refractivity (Wildman–Crippen MR) is 117 cm³/mol. The number of hydrogen-bond donors (Lipinski definition) is 3. The molecule has 0 radical (unpaired) electrons. The molecule has 6 unspecified atom stereocenters. The molecule has 2 aliphatic carbocycles. The number of likely N-dealkylation sites (tertiary alicyclic amines) is 1. The fraction of sp³-hybridized carbons (Fsp3) is 0.913. The number of nitrogens with one attached hydrogen (secondary N) is 3. The molecule has 5 fully saturated rings. The van der Waals surface area contributed by atoms with Crippen molar-refractivity contribution in [3.8, 4) is 0 Å². The number of nitrogens with zero attached hydrogens (tertiary/aromatic N) is 2. The smallest absolute Gasteiger partial charge is 0.382 e. The van der Waals surface area contributed by atoms with Crippen molar-refractivity contribution in [2.24, 2.45) is 11.8 Å². The Balaban J connectivity index is 1.27. The predicted octanol–water partition coefficient (Wildman–Crippen LogP) is 1.17. The van der Waals surface area contributed by atoms with Crippen molar-refractivity contribution < 1.29 is 27.5 Å². The van der Waals surface area contributed by atoms with Crippen LogP contribution in [-0.2, 0) is 14.3 Å². The van der Waals surface area contributed by atoms with E-state index in [4.69, 9.17) is 4.74 Å². The number of carbonyl (C=O) groups excluding carboxylic acids is 2. The van der Waals surface area contributed by atoms with Gasteiger partial charge < -0.3 is 19.9 Å². The number of methoxy groups -OCH3 is 1. The van der Waals surface area contributed by atoms with Gasteiger partial charge in [0.1, 0.15) is 12.6 Å². The Morgan fingerprint density at radius 3 is 2.56 bits per heavy atom. The Kier molecular flexibility index (Phi) is 6.58. The van der Waals surface area contributed by atoms with Crippen molar-refractivity contribution in [2.75, 3.05) is 33.4 Å². The Hall–Kier alpha value is -1.43. The molecule has 5 rings (SSSR count). The second kappa shape index (κ2) is 9.22. The minimum atomic E-state index is -4.50. The van der Waals surface area contributed by atoms with Gasteiger partial charge in [0.05, 0.1) is 18.2 Å². The van der Waals surface area contributed by atoms with Crippen molar-refractivity contribution in [1.82, 2.24) is 26.0 Å². The van der Waals surface area contributed by atoms with Gasteiger partial charge in [-0.1, -0.05) is 12.8 Å². The molecule has 3 aliphatic heterocycles. The van der Waals surface area contributed by atoms with Crippen LogP contribution in [0.25, 0.3) is 0 Å². The van der Waals surface area contributed by atoms with Gasteiger partial charge in [-0.3, -0.25) is 15.0 Å². The summed E-state index contributed by atoms with van der Waals surface area (Å²) in [6, 6.07) is -0.644. The largest absolute Gasteiger partial charge is 0.406 e. The number of alkyl halides is 3. The first kappa shape index (κ1) is 24.3. The van der Waals surface area contributed by atoms with Crippen molar-refractivity contribution in [1.29, 1.82) is 0 Å². The van der Waals surface area contributed by atoms with Crippen LogP contribution in [0.15, 0.2) is 0 Å². The average molecular weight is 488 g/mol. The van der Waals surface area contributed by atoms with Crippen LogP contribution in [0.5, 0.6) is 0 Å². The Morgan fingerprint density at radius 2 is 1.88 bits per heavy atom. The van der Waals surface area contributed by atoms with Gasteiger partial charge in [0.25, 0.3) is 0 Å². The number of amides is 2. The lowest BCUT2D eigenvalue weighted by molar-refractivity contribution is -0.171. The van der Waals surface area contributed by atoms with Gasteiger partial charge in [-0.05, 0) is 44.4 Å². The maximum atomic E-state index is 13.5. The molecule has 5 aliphatic rings. The van der Waals surface area contributed by atoms with Crippen LogP contribution in [0.2, 0.25) is 0 Å². The first-order valence-electron chi connectivity index (χ1n) is 12.6. The summed E-state index contributed by atoms with van der Waals surface area (Å²) in [5, 5.41) is 3.53. The lowest BCUT2D eigenvalue weighted by Gasteiger charge is -2.39. The molecule has 2 amide bonds. The van der Waals surface area contributed by atoms with Crippen molar-refractivity contribution in [2.45, 2.75) is 87.2 Å². The third-order valence-corrected chi connectivity index (χ3v) is 8.67. The zero-order valence-electron chi connectivity index (χ0n) is 19.7. The van der Waals surface area contributed by atoms with Gasteiger partial charge in [-0.25, -0.2) is 5.43 Å². The molecule has 0 aromatic heterocycles. The molecule has 3 saturated heterocycles. The SMILES string of the molecule is COCC1(N(CC(F)(F)F)C(=O)C2NNC3CCN(C(=O)C4CC5CCCCC5N4)CC32)CC1. The quantitative estimate of drug-likeness (QED) is 0.522. The summed E-state index contributed by atoms with van der Waals surface area (Å²) in [7, 11) is 1.44. The van der Waals surface area contributed by atoms with E-state index < -0.39 is 30.2 Å². The Labute approximate surface area is 198 Å². The minimum absolute atomic E-state index is 0.0533. The molecule has 8 nitrogen and oxygen atoms in total. The lowest BCUT2D eigenvalue weighted by atomic mass is 9.84. The van der Waals surface area contributed by atoms with E-state index in [1.165, 1.54) is 20.0 Å². The Morgan fingerprint density at radius 1 is 1.12 bits per heavy atom.